The molecule has 0 heterocycles. The molecule has 0 unspecified atom stereocenters. The van der Waals surface area contributed by atoms with E-state index in [0.717, 1.165) is 5.56 Å². The highest BCUT2D eigenvalue weighted by Crippen LogP contribution is 2.29. The van der Waals surface area contributed by atoms with Crippen molar-refractivity contribution in [3.63, 3.8) is 0 Å². The van der Waals surface area contributed by atoms with Gasteiger partial charge in [-0.3, -0.25) is 4.99 Å². The minimum atomic E-state index is -2.91. The molecule has 2 N–H and O–H groups in total. The molecule has 2 aromatic carbocycles. The highest BCUT2D eigenvalue weighted by molar-refractivity contribution is 5.79. The van der Waals surface area contributed by atoms with Crippen molar-refractivity contribution in [2.24, 2.45) is 4.99 Å². The first kappa shape index (κ1) is 19.5. The van der Waals surface area contributed by atoms with Crippen molar-refractivity contribution in [1.29, 1.82) is 0 Å². The Labute approximate surface area is 152 Å². The topological polar surface area (TPSA) is 54.9 Å². The number of rotatable bonds is 7. The van der Waals surface area contributed by atoms with Crippen LogP contribution >= 0.6 is 0 Å². The predicted octanol–water partition coefficient (Wildman–Crippen LogP) is 3.47. The highest BCUT2D eigenvalue weighted by atomic mass is 19.3. The summed E-state index contributed by atoms with van der Waals surface area (Å²) in [6.07, 6.45) is 0. The molecular weight excluding hydrogens is 340 g/mol. The molecule has 2 aromatic rings. The molecule has 7 heteroatoms. The van der Waals surface area contributed by atoms with Gasteiger partial charge in [0.15, 0.2) is 17.5 Å². The van der Waals surface area contributed by atoms with E-state index < -0.39 is 6.61 Å². The molecule has 140 valence electrons. The molecule has 0 saturated carbocycles. The molecule has 0 aliphatic heterocycles. The van der Waals surface area contributed by atoms with Gasteiger partial charge < -0.3 is 20.1 Å². The molecule has 0 radical (unpaired) electrons. The molecule has 0 amide bonds. The molecule has 0 spiro atoms. The second-order valence-corrected chi connectivity index (χ2v) is 5.57. The van der Waals surface area contributed by atoms with Gasteiger partial charge in [0.05, 0.1) is 7.11 Å². The second kappa shape index (κ2) is 9.60. The first-order valence-corrected chi connectivity index (χ1v) is 8.14. The van der Waals surface area contributed by atoms with Crippen LogP contribution in [-0.2, 0) is 13.1 Å². The van der Waals surface area contributed by atoms with Crippen LogP contribution in [0.25, 0.3) is 0 Å². The number of aliphatic imine (C=N–C) groups is 1. The number of guanidine groups is 1. The molecule has 0 fully saturated rings. The number of halogens is 2. The van der Waals surface area contributed by atoms with E-state index in [1.54, 1.807) is 19.2 Å². The van der Waals surface area contributed by atoms with E-state index in [2.05, 4.69) is 33.4 Å². The Balaban J connectivity index is 1.96. The second-order valence-electron chi connectivity index (χ2n) is 5.57. The molecule has 0 aliphatic rings. The largest absolute Gasteiger partial charge is 0.493 e. The van der Waals surface area contributed by atoms with Gasteiger partial charge in [-0.15, -0.1) is 0 Å². The summed E-state index contributed by atoms with van der Waals surface area (Å²) in [4.78, 5) is 4.17. The molecule has 0 bridgehead atoms. The van der Waals surface area contributed by atoms with Crippen LogP contribution in [0.4, 0.5) is 8.78 Å². The number of hydrogen-bond acceptors (Lipinski definition) is 3. The van der Waals surface area contributed by atoms with E-state index in [-0.39, 0.29) is 11.5 Å². The average Bonchev–Trinajstić information content (AvgIpc) is 2.63. The summed E-state index contributed by atoms with van der Waals surface area (Å²) >= 11 is 0. The lowest BCUT2D eigenvalue weighted by Crippen LogP contribution is -2.36. The molecule has 0 saturated heterocycles. The van der Waals surface area contributed by atoms with Crippen molar-refractivity contribution in [3.05, 3.63) is 59.2 Å². The normalized spacial score (nSPS) is 11.4. The first-order chi connectivity index (χ1) is 12.5. The summed E-state index contributed by atoms with van der Waals surface area (Å²) in [6.45, 7) is 0.177. The van der Waals surface area contributed by atoms with Gasteiger partial charge in [-0.05, 0) is 35.7 Å². The highest BCUT2D eigenvalue weighted by Gasteiger charge is 2.11. The number of nitrogens with one attached hydrogen (secondary N) is 2. The first-order valence-electron chi connectivity index (χ1n) is 8.14. The third-order valence-electron chi connectivity index (χ3n) is 3.84. The number of hydrogen-bond donors (Lipinski definition) is 2. The third-order valence-corrected chi connectivity index (χ3v) is 3.84. The number of aryl methyl sites for hydroxylation is 1. The minimum absolute atomic E-state index is 0.00431. The lowest BCUT2D eigenvalue weighted by molar-refractivity contribution is -0.0512. The van der Waals surface area contributed by atoms with Gasteiger partial charge in [0.1, 0.15) is 0 Å². The van der Waals surface area contributed by atoms with Crippen LogP contribution in [0, 0.1) is 6.92 Å². The average molecular weight is 363 g/mol. The van der Waals surface area contributed by atoms with Crippen molar-refractivity contribution in [3.8, 4) is 11.5 Å². The van der Waals surface area contributed by atoms with E-state index in [4.69, 9.17) is 4.74 Å². The van der Waals surface area contributed by atoms with Crippen LogP contribution in [0.2, 0.25) is 0 Å². The quantitative estimate of drug-likeness (QED) is 0.584. The fourth-order valence-electron chi connectivity index (χ4n) is 2.41. The summed E-state index contributed by atoms with van der Waals surface area (Å²) < 4.78 is 34.5. The van der Waals surface area contributed by atoms with E-state index in [1.165, 1.54) is 24.3 Å². The fraction of sp³-hybridized carbons (Fsp3) is 0.316. The van der Waals surface area contributed by atoms with Crippen LogP contribution in [0.1, 0.15) is 16.7 Å². The lowest BCUT2D eigenvalue weighted by atomic mass is 10.1. The van der Waals surface area contributed by atoms with Crippen molar-refractivity contribution in [2.75, 3.05) is 14.2 Å². The monoisotopic (exact) mass is 363 g/mol. The zero-order valence-electron chi connectivity index (χ0n) is 15.1. The molecule has 5 nitrogen and oxygen atoms in total. The number of methoxy groups -OCH3 is 1. The Morgan fingerprint density at radius 2 is 1.81 bits per heavy atom. The van der Waals surface area contributed by atoms with Gasteiger partial charge in [0.2, 0.25) is 0 Å². The summed E-state index contributed by atoms with van der Waals surface area (Å²) in [6, 6.07) is 13.0. The SMILES string of the molecule is CN=C(NCc1ccc(OC)c(OC(F)F)c1)NCc1ccccc1C. The van der Waals surface area contributed by atoms with Gasteiger partial charge in [0.25, 0.3) is 0 Å². The predicted molar refractivity (Wildman–Crippen MR) is 97.8 cm³/mol. The van der Waals surface area contributed by atoms with Crippen molar-refractivity contribution >= 4 is 5.96 Å². The van der Waals surface area contributed by atoms with Gasteiger partial charge >= 0.3 is 6.61 Å². The van der Waals surface area contributed by atoms with E-state index in [1.807, 2.05) is 18.2 Å². The zero-order valence-corrected chi connectivity index (χ0v) is 15.1. The molecule has 0 atom stereocenters. The summed E-state index contributed by atoms with van der Waals surface area (Å²) in [7, 11) is 3.08. The molecule has 0 aliphatic carbocycles. The number of benzene rings is 2. The Hall–Kier alpha value is -2.83. The van der Waals surface area contributed by atoms with Crippen LogP contribution in [0.15, 0.2) is 47.5 Å². The molecule has 2 rings (SSSR count). The fourth-order valence-corrected chi connectivity index (χ4v) is 2.41. The Bertz CT molecular complexity index is 751. The number of alkyl halides is 2. The van der Waals surface area contributed by atoms with Crippen molar-refractivity contribution in [1.82, 2.24) is 10.6 Å². The minimum Gasteiger partial charge on any atom is -0.493 e. The van der Waals surface area contributed by atoms with Crippen LogP contribution in [0.5, 0.6) is 11.5 Å². The zero-order chi connectivity index (χ0) is 18.9. The van der Waals surface area contributed by atoms with Crippen LogP contribution in [-0.4, -0.2) is 26.7 Å². The standard InChI is InChI=1S/C19H23F2N3O2/c1-13-6-4-5-7-15(13)12-24-19(22-2)23-11-14-8-9-16(25-3)17(10-14)26-18(20)21/h4-10,18H,11-12H2,1-3H3,(H2,22,23,24). The Morgan fingerprint density at radius 3 is 2.46 bits per heavy atom. The van der Waals surface area contributed by atoms with Crippen LogP contribution in [0.3, 0.4) is 0 Å². The summed E-state index contributed by atoms with van der Waals surface area (Å²) in [5.41, 5.74) is 3.13. The van der Waals surface area contributed by atoms with Crippen molar-refractivity contribution in [2.45, 2.75) is 26.6 Å². The van der Waals surface area contributed by atoms with E-state index >= 15 is 0 Å². The van der Waals surface area contributed by atoms with Gasteiger partial charge in [-0.2, -0.15) is 8.78 Å². The smallest absolute Gasteiger partial charge is 0.387 e. The maximum absolute atomic E-state index is 12.5. The molecule has 26 heavy (non-hydrogen) atoms. The van der Waals surface area contributed by atoms with E-state index in [0.29, 0.717) is 19.0 Å². The summed E-state index contributed by atoms with van der Waals surface area (Å²) in [5, 5.41) is 6.38. The maximum Gasteiger partial charge on any atom is 0.387 e. The summed E-state index contributed by atoms with van der Waals surface area (Å²) in [5.74, 6) is 0.876. The van der Waals surface area contributed by atoms with E-state index in [9.17, 15) is 8.78 Å². The molecular formula is C19H23F2N3O2. The number of ether oxygens (including phenoxy) is 2. The Kier molecular flexibility index (Phi) is 7.20. The Morgan fingerprint density at radius 1 is 1.08 bits per heavy atom. The van der Waals surface area contributed by atoms with Gasteiger partial charge in [0, 0.05) is 20.1 Å². The van der Waals surface area contributed by atoms with Crippen LogP contribution < -0.4 is 20.1 Å². The maximum atomic E-state index is 12.5. The van der Waals surface area contributed by atoms with Crippen molar-refractivity contribution < 1.29 is 18.3 Å². The van der Waals surface area contributed by atoms with Gasteiger partial charge in [-0.25, -0.2) is 0 Å². The molecule has 0 aromatic heterocycles. The lowest BCUT2D eigenvalue weighted by Gasteiger charge is -2.15. The third kappa shape index (κ3) is 5.61. The number of nitrogens with zero attached hydrogens (tertiary/aromatic N) is 1. The van der Waals surface area contributed by atoms with Gasteiger partial charge in [-0.1, -0.05) is 30.3 Å².